The van der Waals surface area contributed by atoms with Crippen LogP contribution in [0.25, 0.3) is 11.3 Å². The van der Waals surface area contributed by atoms with Gasteiger partial charge in [0, 0.05) is 28.5 Å². The van der Waals surface area contributed by atoms with Gasteiger partial charge in [0.1, 0.15) is 11.4 Å². The third-order valence-corrected chi connectivity index (χ3v) is 4.15. The fourth-order valence-electron chi connectivity index (χ4n) is 2.45. The molecule has 0 fully saturated rings. The van der Waals surface area contributed by atoms with Crippen molar-refractivity contribution in [1.29, 1.82) is 0 Å². The van der Waals surface area contributed by atoms with Crippen LogP contribution in [0.5, 0.6) is 5.75 Å². The second-order valence-electron chi connectivity index (χ2n) is 5.33. The molecule has 0 saturated heterocycles. The molecule has 0 aliphatic heterocycles. The van der Waals surface area contributed by atoms with E-state index < -0.39 is 12.0 Å². The van der Waals surface area contributed by atoms with E-state index in [0.717, 1.165) is 4.47 Å². The second-order valence-corrected chi connectivity index (χ2v) is 6.25. The molecule has 0 radical (unpaired) electrons. The normalized spacial score (nSPS) is 10.6. The van der Waals surface area contributed by atoms with Gasteiger partial charge >= 0.3 is 6.03 Å². The van der Waals surface area contributed by atoms with Crippen molar-refractivity contribution in [2.75, 3.05) is 17.7 Å². The molecular formula is C17H16BrFN4O2. The van der Waals surface area contributed by atoms with Gasteiger partial charge in [0.2, 0.25) is 5.95 Å². The van der Waals surface area contributed by atoms with Crippen molar-refractivity contribution in [3.63, 3.8) is 0 Å². The number of aryl methyl sites for hydroxylation is 1. The molecule has 3 aromatic rings. The van der Waals surface area contributed by atoms with Gasteiger partial charge in [-0.15, -0.1) is 0 Å². The minimum atomic E-state index is -0.447. The molecule has 1 heterocycles. The number of anilines is 2. The summed E-state index contributed by atoms with van der Waals surface area (Å²) in [7, 11) is 3.20. The SMILES string of the molecule is COc1ccc(NC(=O)Nc2ccc(Br)cc2)cc1-c1c(F)[nH]n1C. The summed E-state index contributed by atoms with van der Waals surface area (Å²) in [5.41, 5.74) is 2.09. The molecule has 2 aromatic carbocycles. The monoisotopic (exact) mass is 406 g/mol. The van der Waals surface area contributed by atoms with E-state index in [1.807, 2.05) is 12.1 Å². The van der Waals surface area contributed by atoms with Gasteiger partial charge in [-0.2, -0.15) is 4.39 Å². The molecule has 1 aromatic heterocycles. The van der Waals surface area contributed by atoms with Crippen molar-refractivity contribution in [2.45, 2.75) is 0 Å². The molecular weight excluding hydrogens is 391 g/mol. The van der Waals surface area contributed by atoms with Gasteiger partial charge in [-0.25, -0.2) is 4.79 Å². The number of carbonyl (C=O) groups is 1. The predicted octanol–water partition coefficient (Wildman–Crippen LogP) is 4.57. The minimum Gasteiger partial charge on any atom is -0.496 e. The molecule has 8 heteroatoms. The van der Waals surface area contributed by atoms with E-state index in [0.29, 0.717) is 28.4 Å². The number of carbonyl (C=O) groups excluding carboxylic acids is 1. The van der Waals surface area contributed by atoms with Gasteiger partial charge in [0.25, 0.3) is 0 Å². The minimum absolute atomic E-state index is 0.369. The lowest BCUT2D eigenvalue weighted by molar-refractivity contribution is 0.262. The van der Waals surface area contributed by atoms with Crippen LogP contribution in [0.2, 0.25) is 0 Å². The Morgan fingerprint density at radius 1 is 1.16 bits per heavy atom. The molecule has 6 nitrogen and oxygen atoms in total. The topological polar surface area (TPSA) is 71.1 Å². The van der Waals surface area contributed by atoms with Gasteiger partial charge in [0.15, 0.2) is 0 Å². The average Bonchev–Trinajstić information content (AvgIpc) is 2.57. The first-order valence-corrected chi connectivity index (χ1v) is 8.19. The lowest BCUT2D eigenvalue weighted by atomic mass is 10.1. The molecule has 130 valence electrons. The number of hydrogen-bond donors (Lipinski definition) is 3. The summed E-state index contributed by atoms with van der Waals surface area (Å²) in [6.07, 6.45) is 0. The zero-order chi connectivity index (χ0) is 18.0. The summed E-state index contributed by atoms with van der Waals surface area (Å²) in [5, 5.41) is 7.95. The van der Waals surface area contributed by atoms with Crippen LogP contribution in [0, 0.1) is 5.95 Å². The van der Waals surface area contributed by atoms with Crippen LogP contribution < -0.4 is 15.4 Å². The average molecular weight is 407 g/mol. The maximum atomic E-state index is 13.7. The van der Waals surface area contributed by atoms with E-state index in [9.17, 15) is 9.18 Å². The Bertz CT molecular complexity index is 887. The third-order valence-electron chi connectivity index (χ3n) is 3.62. The van der Waals surface area contributed by atoms with E-state index in [-0.39, 0.29) is 0 Å². The third kappa shape index (κ3) is 3.69. The van der Waals surface area contributed by atoms with E-state index in [1.165, 1.54) is 7.11 Å². The molecule has 0 bridgehead atoms. The Morgan fingerprint density at radius 2 is 1.80 bits per heavy atom. The number of nitrogens with one attached hydrogen (secondary N) is 3. The highest BCUT2D eigenvalue weighted by atomic mass is 79.9. The van der Waals surface area contributed by atoms with Crippen LogP contribution in [-0.4, -0.2) is 22.9 Å². The van der Waals surface area contributed by atoms with Gasteiger partial charge in [0.05, 0.1) is 7.11 Å². The number of aromatic nitrogens is 2. The van der Waals surface area contributed by atoms with Crippen molar-refractivity contribution in [2.24, 2.45) is 7.05 Å². The van der Waals surface area contributed by atoms with Crippen molar-refractivity contribution in [1.82, 2.24) is 9.78 Å². The van der Waals surface area contributed by atoms with Gasteiger partial charge in [-0.05, 0) is 42.5 Å². The van der Waals surface area contributed by atoms with Crippen LogP contribution in [0.4, 0.5) is 20.6 Å². The number of rotatable bonds is 4. The standard InChI is InChI=1S/C17H16BrFN4O2/c1-23-15(16(19)22-23)13-9-12(7-8-14(13)25-2)21-17(24)20-11-5-3-10(18)4-6-11/h3-9,22H,1-2H3,(H2,20,21,24). The lowest BCUT2D eigenvalue weighted by Gasteiger charge is -2.18. The highest BCUT2D eigenvalue weighted by Gasteiger charge is 2.18. The second kappa shape index (κ2) is 7.02. The fraction of sp³-hybridized carbons (Fsp3) is 0.118. The summed E-state index contributed by atoms with van der Waals surface area (Å²) in [4.78, 5) is 12.1. The molecule has 0 aliphatic carbocycles. The molecule has 0 aliphatic rings. The molecule has 3 rings (SSSR count). The number of aromatic amines is 1. The van der Waals surface area contributed by atoms with Crippen molar-refractivity contribution >= 4 is 33.3 Å². The quantitative estimate of drug-likeness (QED) is 0.593. The molecule has 0 unspecified atom stereocenters. The van der Waals surface area contributed by atoms with Gasteiger partial charge in [-0.1, -0.05) is 15.9 Å². The Hall–Kier alpha value is -2.74. The number of H-pyrrole nitrogens is 1. The van der Waals surface area contributed by atoms with Crippen molar-refractivity contribution < 1.29 is 13.9 Å². The molecule has 2 amide bonds. The number of amides is 2. The number of nitrogens with zero attached hydrogens (tertiary/aromatic N) is 1. The first-order valence-electron chi connectivity index (χ1n) is 7.40. The number of benzene rings is 2. The first kappa shape index (κ1) is 17.1. The highest BCUT2D eigenvalue weighted by molar-refractivity contribution is 9.10. The fourth-order valence-corrected chi connectivity index (χ4v) is 2.71. The first-order chi connectivity index (χ1) is 12.0. The zero-order valence-electron chi connectivity index (χ0n) is 13.6. The van der Waals surface area contributed by atoms with Crippen LogP contribution in [-0.2, 0) is 7.05 Å². The Morgan fingerprint density at radius 3 is 2.40 bits per heavy atom. The number of hydrogen-bond acceptors (Lipinski definition) is 2. The Labute approximate surface area is 152 Å². The molecule has 3 N–H and O–H groups in total. The Balaban J connectivity index is 1.79. The van der Waals surface area contributed by atoms with E-state index in [2.05, 4.69) is 31.7 Å². The molecule has 0 spiro atoms. The van der Waals surface area contributed by atoms with E-state index >= 15 is 0 Å². The molecule has 25 heavy (non-hydrogen) atoms. The van der Waals surface area contributed by atoms with Crippen LogP contribution in [0.1, 0.15) is 0 Å². The summed E-state index contributed by atoms with van der Waals surface area (Å²) < 4.78 is 21.5. The highest BCUT2D eigenvalue weighted by Crippen LogP contribution is 2.34. The number of ether oxygens (including phenoxy) is 1. The van der Waals surface area contributed by atoms with Crippen LogP contribution in [0.3, 0.4) is 0 Å². The molecule has 0 atom stereocenters. The van der Waals surface area contributed by atoms with E-state index in [1.54, 1.807) is 42.1 Å². The smallest absolute Gasteiger partial charge is 0.323 e. The summed E-state index contributed by atoms with van der Waals surface area (Å²) in [5.74, 6) is 0.0645. The van der Waals surface area contributed by atoms with Crippen molar-refractivity contribution in [3.05, 3.63) is 52.9 Å². The lowest BCUT2D eigenvalue weighted by Crippen LogP contribution is -2.19. The maximum Gasteiger partial charge on any atom is 0.323 e. The van der Waals surface area contributed by atoms with Crippen molar-refractivity contribution in [3.8, 4) is 17.0 Å². The summed E-state index contributed by atoms with van der Waals surface area (Å²) in [6.45, 7) is 0. The summed E-state index contributed by atoms with van der Waals surface area (Å²) >= 11 is 3.34. The van der Waals surface area contributed by atoms with Crippen LogP contribution >= 0.6 is 15.9 Å². The maximum absolute atomic E-state index is 13.7. The predicted molar refractivity (Wildman–Crippen MR) is 98.5 cm³/mol. The number of methoxy groups -OCH3 is 1. The number of urea groups is 1. The van der Waals surface area contributed by atoms with Gasteiger partial charge in [-0.3, -0.25) is 9.78 Å². The van der Waals surface area contributed by atoms with E-state index in [4.69, 9.17) is 4.74 Å². The zero-order valence-corrected chi connectivity index (χ0v) is 15.1. The van der Waals surface area contributed by atoms with Crippen LogP contribution in [0.15, 0.2) is 46.9 Å². The number of halogens is 2. The Kier molecular flexibility index (Phi) is 4.80. The molecule has 0 saturated carbocycles. The van der Waals surface area contributed by atoms with Gasteiger partial charge < -0.3 is 15.4 Å². The largest absolute Gasteiger partial charge is 0.496 e. The summed E-state index contributed by atoms with van der Waals surface area (Å²) in [6, 6.07) is 11.8.